The second-order valence-electron chi connectivity index (χ2n) is 6.99. The molecule has 7 heteroatoms. The number of nitrogens with two attached hydrogens (primary N) is 1. The van der Waals surface area contributed by atoms with Gasteiger partial charge in [0.15, 0.2) is 5.16 Å². The van der Waals surface area contributed by atoms with Gasteiger partial charge in [0.2, 0.25) is 0 Å². The van der Waals surface area contributed by atoms with Crippen LogP contribution in [0.25, 0.3) is 0 Å². The molecule has 0 bridgehead atoms. The lowest BCUT2D eigenvalue weighted by atomic mass is 9.99. The third-order valence-electron chi connectivity index (χ3n) is 3.68. The van der Waals surface area contributed by atoms with Crippen LogP contribution in [0.3, 0.4) is 0 Å². The first-order chi connectivity index (χ1) is 11.8. The average molecular weight is 378 g/mol. The maximum atomic E-state index is 5.80. The molecule has 0 spiro atoms. The van der Waals surface area contributed by atoms with Gasteiger partial charge >= 0.3 is 0 Å². The molecule has 5 nitrogen and oxygen atoms in total. The predicted molar refractivity (Wildman–Crippen MR) is 109 cm³/mol. The van der Waals surface area contributed by atoms with Crippen molar-refractivity contribution in [2.45, 2.75) is 57.5 Å². The summed E-state index contributed by atoms with van der Waals surface area (Å²) in [6, 6.07) is 2.12. The highest BCUT2D eigenvalue weighted by molar-refractivity contribution is 7.98. The van der Waals surface area contributed by atoms with Crippen molar-refractivity contribution in [2.75, 3.05) is 6.26 Å². The molecule has 2 aromatic rings. The molecular formula is C18H27N5S2. The van der Waals surface area contributed by atoms with Crippen molar-refractivity contribution in [2.24, 2.45) is 15.7 Å². The Bertz CT molecular complexity index is 760. The smallest absolute Gasteiger partial charge is 0.189 e. The quantitative estimate of drug-likeness (QED) is 0.461. The van der Waals surface area contributed by atoms with Crippen molar-refractivity contribution < 1.29 is 0 Å². The molecule has 2 aromatic heterocycles. The minimum Gasteiger partial charge on any atom is -0.274 e. The highest BCUT2D eigenvalue weighted by Crippen LogP contribution is 2.25. The summed E-state index contributed by atoms with van der Waals surface area (Å²) in [6.45, 7) is 10.5. The van der Waals surface area contributed by atoms with Crippen LogP contribution in [0.1, 0.15) is 50.3 Å². The van der Waals surface area contributed by atoms with Crippen LogP contribution >= 0.6 is 23.7 Å². The molecule has 0 aromatic carbocycles. The highest BCUT2D eigenvalue weighted by Gasteiger charge is 2.16. The molecule has 2 heterocycles. The van der Waals surface area contributed by atoms with E-state index in [1.165, 1.54) is 11.9 Å². The van der Waals surface area contributed by atoms with E-state index in [0.717, 1.165) is 45.5 Å². The first kappa shape index (κ1) is 20.0. The second-order valence-corrected chi connectivity index (χ2v) is 8.44. The van der Waals surface area contributed by atoms with E-state index in [1.54, 1.807) is 11.8 Å². The maximum absolute atomic E-state index is 5.80. The summed E-state index contributed by atoms with van der Waals surface area (Å²) < 4.78 is 1.95. The van der Waals surface area contributed by atoms with Gasteiger partial charge in [0.1, 0.15) is 0 Å². The number of hydrogen-bond donors (Lipinski definition) is 1. The SMILES string of the molecule is CCc1ncc(Cc2c(C)nc(SC)n2/N=C/C(C)(C)C)cc1SN. The highest BCUT2D eigenvalue weighted by atomic mass is 32.2. The zero-order valence-corrected chi connectivity index (χ0v) is 17.5. The molecule has 0 aliphatic carbocycles. The monoisotopic (exact) mass is 377 g/mol. The molecule has 136 valence electrons. The Morgan fingerprint density at radius 3 is 2.64 bits per heavy atom. The molecule has 0 aliphatic rings. The summed E-state index contributed by atoms with van der Waals surface area (Å²) in [5.74, 6) is 0. The lowest BCUT2D eigenvalue weighted by Gasteiger charge is -2.12. The molecular weight excluding hydrogens is 350 g/mol. The molecule has 0 saturated heterocycles. The minimum atomic E-state index is 0.0127. The van der Waals surface area contributed by atoms with E-state index in [1.807, 2.05) is 30.3 Å². The van der Waals surface area contributed by atoms with Crippen LogP contribution in [0.5, 0.6) is 0 Å². The number of aromatic nitrogens is 3. The van der Waals surface area contributed by atoms with Crippen molar-refractivity contribution in [1.29, 1.82) is 0 Å². The molecule has 0 amide bonds. The fraction of sp³-hybridized carbons (Fsp3) is 0.500. The number of aryl methyl sites for hydroxylation is 2. The summed E-state index contributed by atoms with van der Waals surface area (Å²) >= 11 is 2.86. The van der Waals surface area contributed by atoms with E-state index < -0.39 is 0 Å². The predicted octanol–water partition coefficient (Wildman–Crippen LogP) is 4.31. The van der Waals surface area contributed by atoms with E-state index in [4.69, 9.17) is 10.2 Å². The Kier molecular flexibility index (Phi) is 6.71. The van der Waals surface area contributed by atoms with Crippen molar-refractivity contribution in [1.82, 2.24) is 14.6 Å². The summed E-state index contributed by atoms with van der Waals surface area (Å²) in [5, 5.41) is 11.4. The van der Waals surface area contributed by atoms with Crippen molar-refractivity contribution >= 4 is 29.9 Å². The lowest BCUT2D eigenvalue weighted by molar-refractivity contribution is 0.593. The van der Waals surface area contributed by atoms with E-state index >= 15 is 0 Å². The van der Waals surface area contributed by atoms with Crippen LogP contribution < -0.4 is 5.14 Å². The van der Waals surface area contributed by atoms with E-state index in [0.29, 0.717) is 0 Å². The maximum Gasteiger partial charge on any atom is 0.189 e. The molecule has 2 N–H and O–H groups in total. The van der Waals surface area contributed by atoms with Gasteiger partial charge in [-0.2, -0.15) is 5.10 Å². The van der Waals surface area contributed by atoms with Crippen molar-refractivity contribution in [3.05, 3.63) is 34.9 Å². The lowest BCUT2D eigenvalue weighted by Crippen LogP contribution is -2.09. The zero-order chi connectivity index (χ0) is 18.6. The van der Waals surface area contributed by atoms with Gasteiger partial charge in [-0.1, -0.05) is 39.5 Å². The van der Waals surface area contributed by atoms with Gasteiger partial charge in [-0.25, -0.2) is 9.66 Å². The number of imidazole rings is 1. The summed E-state index contributed by atoms with van der Waals surface area (Å²) in [7, 11) is 0. The standard InChI is InChI=1S/C18H27N5S2/c1-7-14-16(25-19)9-13(10-20-14)8-15-12(2)22-17(24-6)23(15)21-11-18(3,4)5/h9-11H,7-8,19H2,1-6H3/b21-11+. The summed E-state index contributed by atoms with van der Waals surface area (Å²) in [4.78, 5) is 10.3. The van der Waals surface area contributed by atoms with Gasteiger partial charge < -0.3 is 0 Å². The van der Waals surface area contributed by atoms with Gasteiger partial charge in [0, 0.05) is 23.7 Å². The van der Waals surface area contributed by atoms with E-state index in [2.05, 4.69) is 43.7 Å². The van der Waals surface area contributed by atoms with Crippen LogP contribution in [-0.2, 0) is 12.8 Å². The first-order valence-electron chi connectivity index (χ1n) is 8.31. The van der Waals surface area contributed by atoms with Gasteiger partial charge in [-0.3, -0.25) is 10.1 Å². The van der Waals surface area contributed by atoms with Crippen molar-refractivity contribution in [3.8, 4) is 0 Å². The number of nitrogens with zero attached hydrogens (tertiary/aromatic N) is 4. The Labute approximate surface area is 159 Å². The fourth-order valence-corrected chi connectivity index (χ4v) is 3.49. The second kappa shape index (κ2) is 8.38. The molecule has 0 fully saturated rings. The number of rotatable bonds is 6. The third kappa shape index (κ3) is 5.09. The van der Waals surface area contributed by atoms with Crippen LogP contribution in [0.4, 0.5) is 0 Å². The fourth-order valence-electron chi connectivity index (χ4n) is 2.38. The van der Waals surface area contributed by atoms with Crippen LogP contribution in [-0.4, -0.2) is 27.1 Å². The molecule has 25 heavy (non-hydrogen) atoms. The topological polar surface area (TPSA) is 69.1 Å². The Morgan fingerprint density at radius 1 is 1.36 bits per heavy atom. The Balaban J connectivity index is 2.42. The summed E-state index contributed by atoms with van der Waals surface area (Å²) in [6.07, 6.45) is 7.53. The van der Waals surface area contributed by atoms with Gasteiger partial charge in [-0.05, 0) is 48.6 Å². The molecule has 0 atom stereocenters. The normalized spacial score (nSPS) is 12.3. The van der Waals surface area contributed by atoms with Gasteiger partial charge in [-0.15, -0.1) is 0 Å². The number of pyridine rings is 1. The Morgan fingerprint density at radius 2 is 2.08 bits per heavy atom. The van der Waals surface area contributed by atoms with Crippen LogP contribution in [0.15, 0.2) is 27.4 Å². The van der Waals surface area contributed by atoms with Crippen molar-refractivity contribution in [3.63, 3.8) is 0 Å². The van der Waals surface area contributed by atoms with Gasteiger partial charge in [0.05, 0.1) is 17.1 Å². The minimum absolute atomic E-state index is 0.0127. The summed E-state index contributed by atoms with van der Waals surface area (Å²) in [5.41, 5.74) is 4.25. The molecule has 0 radical (unpaired) electrons. The van der Waals surface area contributed by atoms with Crippen LogP contribution in [0, 0.1) is 12.3 Å². The number of hydrogen-bond acceptors (Lipinski definition) is 6. The van der Waals surface area contributed by atoms with E-state index in [-0.39, 0.29) is 5.41 Å². The van der Waals surface area contributed by atoms with Gasteiger partial charge in [0.25, 0.3) is 0 Å². The first-order valence-corrected chi connectivity index (χ1v) is 10.4. The zero-order valence-electron chi connectivity index (χ0n) is 15.8. The molecule has 2 rings (SSSR count). The number of thioether (sulfide) groups is 1. The average Bonchev–Trinajstić information content (AvgIpc) is 2.87. The van der Waals surface area contributed by atoms with Crippen LogP contribution in [0.2, 0.25) is 0 Å². The van der Waals surface area contributed by atoms with E-state index in [9.17, 15) is 0 Å². The molecule has 0 unspecified atom stereocenters. The Hall–Kier alpha value is -1.31. The largest absolute Gasteiger partial charge is 0.274 e. The molecule has 0 aliphatic heterocycles. The molecule has 0 saturated carbocycles. The third-order valence-corrected chi connectivity index (χ3v) is 4.92.